The zero-order chi connectivity index (χ0) is 30.3. The molecule has 3 aromatic rings. The van der Waals surface area contributed by atoms with Crippen molar-refractivity contribution >= 4 is 39.1 Å². The second-order valence-electron chi connectivity index (χ2n) is 11.0. The summed E-state index contributed by atoms with van der Waals surface area (Å²) in [4.78, 5) is 29.5. The fourth-order valence-electron chi connectivity index (χ4n) is 5.40. The van der Waals surface area contributed by atoms with E-state index < -0.39 is 28.5 Å². The number of hydrogen-bond donors (Lipinski definition) is 1. The molecule has 0 radical (unpaired) electrons. The third-order valence-corrected chi connectivity index (χ3v) is 10.2. The zero-order valence-corrected chi connectivity index (χ0v) is 26.1. The Morgan fingerprint density at radius 2 is 1.60 bits per heavy atom. The predicted octanol–water partition coefficient (Wildman–Crippen LogP) is 6.41. The molecule has 2 amide bonds. The fraction of sp³-hybridized carbons (Fsp3) is 0.394. The molecule has 0 bridgehead atoms. The zero-order valence-electron chi connectivity index (χ0n) is 24.6. The van der Waals surface area contributed by atoms with Crippen LogP contribution in [0.1, 0.15) is 62.1 Å². The van der Waals surface area contributed by atoms with Gasteiger partial charge in [0.25, 0.3) is 10.0 Å². The first-order valence-electron chi connectivity index (χ1n) is 14.6. The molecule has 0 spiro atoms. The summed E-state index contributed by atoms with van der Waals surface area (Å²) >= 11 is 6.50. The molecular formula is C33H40ClN3O4S. The second kappa shape index (κ2) is 14.2. The Morgan fingerprint density at radius 1 is 0.929 bits per heavy atom. The van der Waals surface area contributed by atoms with Crippen LogP contribution >= 0.6 is 11.6 Å². The highest BCUT2D eigenvalue weighted by atomic mass is 35.5. The number of benzene rings is 3. The van der Waals surface area contributed by atoms with Crippen LogP contribution in [0.3, 0.4) is 0 Å². The van der Waals surface area contributed by atoms with Gasteiger partial charge in [-0.05, 0) is 80.1 Å². The minimum Gasteiger partial charge on any atom is -0.352 e. The molecule has 1 aliphatic rings. The smallest absolute Gasteiger partial charge is 0.264 e. The van der Waals surface area contributed by atoms with Crippen LogP contribution in [-0.2, 0) is 26.2 Å². The van der Waals surface area contributed by atoms with Crippen LogP contribution in [0.15, 0.2) is 77.7 Å². The molecule has 0 aromatic heterocycles. The lowest BCUT2D eigenvalue weighted by Crippen LogP contribution is -2.54. The molecule has 42 heavy (non-hydrogen) atoms. The molecule has 1 fully saturated rings. The van der Waals surface area contributed by atoms with Crippen molar-refractivity contribution in [3.8, 4) is 0 Å². The van der Waals surface area contributed by atoms with Crippen LogP contribution in [0.2, 0.25) is 5.02 Å². The highest BCUT2D eigenvalue weighted by Crippen LogP contribution is 2.27. The summed E-state index contributed by atoms with van der Waals surface area (Å²) in [5.74, 6) is -0.716. The predicted molar refractivity (Wildman–Crippen MR) is 168 cm³/mol. The average Bonchev–Trinajstić information content (AvgIpc) is 2.99. The fourth-order valence-corrected chi connectivity index (χ4v) is 7.03. The molecule has 1 atom stereocenters. The number of rotatable bonds is 11. The first kappa shape index (κ1) is 31.6. The van der Waals surface area contributed by atoms with Gasteiger partial charge in [-0.15, -0.1) is 0 Å². The van der Waals surface area contributed by atoms with E-state index >= 15 is 0 Å². The molecule has 9 heteroatoms. The maximum Gasteiger partial charge on any atom is 0.264 e. The maximum atomic E-state index is 14.3. The van der Waals surface area contributed by atoms with Gasteiger partial charge in [-0.25, -0.2) is 8.42 Å². The molecule has 7 nitrogen and oxygen atoms in total. The minimum absolute atomic E-state index is 0.0707. The molecule has 0 saturated heterocycles. The third kappa shape index (κ3) is 7.53. The number of nitrogens with zero attached hydrogens (tertiary/aromatic N) is 2. The number of amides is 2. The van der Waals surface area contributed by atoms with Crippen molar-refractivity contribution in [1.82, 2.24) is 10.2 Å². The van der Waals surface area contributed by atoms with E-state index in [0.29, 0.717) is 22.7 Å². The summed E-state index contributed by atoms with van der Waals surface area (Å²) < 4.78 is 29.1. The first-order chi connectivity index (χ1) is 20.1. The number of aryl methyl sites for hydroxylation is 2. The van der Waals surface area contributed by atoms with Crippen molar-refractivity contribution in [3.63, 3.8) is 0 Å². The lowest BCUT2D eigenvalue weighted by atomic mass is 9.95. The molecule has 1 N–H and O–H groups in total. The normalized spacial score (nSPS) is 14.7. The van der Waals surface area contributed by atoms with Crippen LogP contribution in [0.5, 0.6) is 0 Å². The average molecular weight is 610 g/mol. The van der Waals surface area contributed by atoms with E-state index in [0.717, 1.165) is 47.5 Å². The summed E-state index contributed by atoms with van der Waals surface area (Å²) in [6.45, 7) is 5.31. The van der Waals surface area contributed by atoms with Crippen molar-refractivity contribution in [2.45, 2.75) is 82.8 Å². The van der Waals surface area contributed by atoms with Crippen molar-refractivity contribution in [2.24, 2.45) is 0 Å². The van der Waals surface area contributed by atoms with Crippen LogP contribution in [0, 0.1) is 13.8 Å². The molecule has 224 valence electrons. The molecule has 3 aromatic carbocycles. The number of carbonyl (C=O) groups excluding carboxylic acids is 2. The van der Waals surface area contributed by atoms with Crippen LogP contribution in [-0.4, -0.2) is 43.8 Å². The van der Waals surface area contributed by atoms with Gasteiger partial charge in [0.15, 0.2) is 0 Å². The Balaban J connectivity index is 1.72. The minimum atomic E-state index is -4.11. The van der Waals surface area contributed by atoms with Gasteiger partial charge < -0.3 is 10.2 Å². The van der Waals surface area contributed by atoms with E-state index in [1.807, 2.05) is 39.0 Å². The standard InChI is InChI=1S/C33H40ClN3O4S/c1-4-31(33(39)35-27-14-7-5-8-15-27)36(22-26-13-11-12-18-30(26)34)32(38)23-37(28-20-19-24(2)25(3)21-28)42(40,41)29-16-9-6-10-17-29/h6,9-13,16-21,27,31H,4-5,7-8,14-15,22-23H2,1-3H3,(H,35,39)/t31-/m0/s1. The van der Waals surface area contributed by atoms with E-state index in [9.17, 15) is 18.0 Å². The second-order valence-corrected chi connectivity index (χ2v) is 13.2. The van der Waals surface area contributed by atoms with Crippen molar-refractivity contribution < 1.29 is 18.0 Å². The van der Waals surface area contributed by atoms with Crippen molar-refractivity contribution in [3.05, 3.63) is 94.5 Å². The molecule has 1 saturated carbocycles. The Kier molecular flexibility index (Phi) is 10.7. The van der Waals surface area contributed by atoms with Gasteiger partial charge in [-0.3, -0.25) is 13.9 Å². The van der Waals surface area contributed by atoms with Gasteiger partial charge in [0.05, 0.1) is 10.6 Å². The number of halogens is 1. The van der Waals surface area contributed by atoms with Gasteiger partial charge in [-0.1, -0.05) is 80.3 Å². The van der Waals surface area contributed by atoms with Gasteiger partial charge in [0.2, 0.25) is 11.8 Å². The SMILES string of the molecule is CC[C@@H](C(=O)NC1CCCCC1)N(Cc1ccccc1Cl)C(=O)CN(c1ccc(C)c(C)c1)S(=O)(=O)c1ccccc1. The van der Waals surface area contributed by atoms with Gasteiger partial charge >= 0.3 is 0 Å². The van der Waals surface area contributed by atoms with Crippen molar-refractivity contribution in [1.29, 1.82) is 0 Å². The quantitative estimate of drug-likeness (QED) is 0.272. The number of nitrogens with one attached hydrogen (secondary N) is 1. The van der Waals surface area contributed by atoms with Crippen LogP contribution in [0.25, 0.3) is 0 Å². The van der Waals surface area contributed by atoms with E-state index in [4.69, 9.17) is 11.6 Å². The summed E-state index contributed by atoms with van der Waals surface area (Å²) in [7, 11) is -4.11. The third-order valence-electron chi connectivity index (χ3n) is 8.02. The van der Waals surface area contributed by atoms with Crippen LogP contribution < -0.4 is 9.62 Å². The highest BCUT2D eigenvalue weighted by Gasteiger charge is 2.34. The molecule has 4 rings (SSSR count). The van der Waals surface area contributed by atoms with Gasteiger partial charge in [-0.2, -0.15) is 0 Å². The molecule has 0 aliphatic heterocycles. The summed E-state index contributed by atoms with van der Waals surface area (Å²) in [6, 6.07) is 19.9. The van der Waals surface area contributed by atoms with E-state index in [-0.39, 0.29) is 23.4 Å². The van der Waals surface area contributed by atoms with Gasteiger partial charge in [0, 0.05) is 17.6 Å². The van der Waals surface area contributed by atoms with E-state index in [1.54, 1.807) is 42.5 Å². The highest BCUT2D eigenvalue weighted by molar-refractivity contribution is 7.92. The maximum absolute atomic E-state index is 14.3. The summed E-state index contributed by atoms with van der Waals surface area (Å²) in [5.41, 5.74) is 2.97. The molecule has 1 aliphatic carbocycles. The summed E-state index contributed by atoms with van der Waals surface area (Å²) in [6.07, 6.45) is 5.47. The van der Waals surface area contributed by atoms with E-state index in [1.165, 1.54) is 17.0 Å². The van der Waals surface area contributed by atoms with E-state index in [2.05, 4.69) is 5.32 Å². The number of anilines is 1. The number of carbonyl (C=O) groups is 2. The van der Waals surface area contributed by atoms with Crippen molar-refractivity contribution in [2.75, 3.05) is 10.8 Å². The Bertz CT molecular complexity index is 1490. The first-order valence-corrected chi connectivity index (χ1v) is 16.4. The summed E-state index contributed by atoms with van der Waals surface area (Å²) in [5, 5.41) is 3.64. The Labute approximate surface area is 254 Å². The molecule has 0 heterocycles. The lowest BCUT2D eigenvalue weighted by molar-refractivity contribution is -0.140. The Morgan fingerprint density at radius 3 is 2.24 bits per heavy atom. The van der Waals surface area contributed by atoms with Crippen LogP contribution in [0.4, 0.5) is 5.69 Å². The number of sulfonamides is 1. The number of hydrogen-bond acceptors (Lipinski definition) is 4. The molecular weight excluding hydrogens is 570 g/mol. The molecule has 0 unspecified atom stereocenters. The Hall–Kier alpha value is -3.36. The monoisotopic (exact) mass is 609 g/mol. The van der Waals surface area contributed by atoms with Gasteiger partial charge in [0.1, 0.15) is 12.6 Å². The topological polar surface area (TPSA) is 86.8 Å². The lowest BCUT2D eigenvalue weighted by Gasteiger charge is -2.34. The largest absolute Gasteiger partial charge is 0.352 e.